The number of halogens is 1. The van der Waals surface area contributed by atoms with E-state index in [0.29, 0.717) is 16.8 Å². The van der Waals surface area contributed by atoms with Gasteiger partial charge in [0.1, 0.15) is 5.75 Å². The van der Waals surface area contributed by atoms with Gasteiger partial charge < -0.3 is 15.0 Å². The van der Waals surface area contributed by atoms with Gasteiger partial charge in [0, 0.05) is 24.2 Å². The first kappa shape index (κ1) is 16.1. The number of amides is 1. The Bertz CT molecular complexity index is 499. The van der Waals surface area contributed by atoms with Crippen LogP contribution < -0.4 is 10.1 Å². The van der Waals surface area contributed by atoms with Crippen LogP contribution in [-0.2, 0) is 4.79 Å². The average Bonchev–Trinajstić information content (AvgIpc) is 2.49. The molecule has 1 amide bonds. The molecule has 5 heteroatoms. The molecule has 1 aromatic rings. The number of nitrogens with zero attached hydrogens (tertiary/aromatic N) is 1. The second kappa shape index (κ2) is 7.14. The highest BCUT2D eigenvalue weighted by Crippen LogP contribution is 2.23. The molecule has 1 heterocycles. The van der Waals surface area contributed by atoms with Gasteiger partial charge in [-0.1, -0.05) is 11.6 Å². The van der Waals surface area contributed by atoms with E-state index in [2.05, 4.69) is 5.32 Å². The molecule has 0 aromatic heterocycles. The minimum absolute atomic E-state index is 0.0545. The summed E-state index contributed by atoms with van der Waals surface area (Å²) in [7, 11) is 1.97. The molecule has 1 aliphatic heterocycles. The fourth-order valence-corrected chi connectivity index (χ4v) is 2.86. The van der Waals surface area contributed by atoms with Crippen molar-refractivity contribution in [2.24, 2.45) is 0 Å². The lowest BCUT2D eigenvalue weighted by Crippen LogP contribution is -2.48. The Morgan fingerprint density at radius 2 is 2.10 bits per heavy atom. The summed E-state index contributed by atoms with van der Waals surface area (Å²) < 4.78 is 5.80. The van der Waals surface area contributed by atoms with E-state index in [1.165, 1.54) is 0 Å². The van der Waals surface area contributed by atoms with Crippen molar-refractivity contribution in [1.29, 1.82) is 0 Å². The molecule has 0 aliphatic carbocycles. The largest absolute Gasteiger partial charge is 0.481 e. The quantitative estimate of drug-likeness (QED) is 0.929. The van der Waals surface area contributed by atoms with Crippen LogP contribution >= 0.6 is 11.6 Å². The molecule has 1 saturated heterocycles. The van der Waals surface area contributed by atoms with Crippen molar-refractivity contribution in [1.82, 2.24) is 10.2 Å². The van der Waals surface area contributed by atoms with Crippen LogP contribution in [0.15, 0.2) is 18.2 Å². The molecule has 21 heavy (non-hydrogen) atoms. The molecule has 0 saturated carbocycles. The zero-order chi connectivity index (χ0) is 15.4. The van der Waals surface area contributed by atoms with E-state index in [0.717, 1.165) is 31.5 Å². The number of rotatable bonds is 4. The van der Waals surface area contributed by atoms with Gasteiger partial charge in [-0.2, -0.15) is 0 Å². The van der Waals surface area contributed by atoms with Crippen molar-refractivity contribution in [3.8, 4) is 5.75 Å². The molecule has 1 aliphatic rings. The first-order chi connectivity index (χ1) is 10.0. The standard InChI is InChI=1S/C16H23ClN2O2/c1-11-10-13(17)4-5-15(11)21-12(2)16(20)19-8-6-14(18-3)7-9-19/h4-5,10,12,14,18H,6-9H2,1-3H3/t12-/m1/s1. The maximum atomic E-state index is 12.4. The topological polar surface area (TPSA) is 41.6 Å². The van der Waals surface area contributed by atoms with E-state index in [4.69, 9.17) is 16.3 Å². The second-order valence-corrected chi connectivity index (χ2v) is 5.99. The highest BCUT2D eigenvalue weighted by Gasteiger charge is 2.26. The van der Waals surface area contributed by atoms with E-state index in [9.17, 15) is 4.79 Å². The summed E-state index contributed by atoms with van der Waals surface area (Å²) in [6.07, 6.45) is 1.51. The summed E-state index contributed by atoms with van der Waals surface area (Å²) >= 11 is 5.93. The number of carbonyl (C=O) groups excluding carboxylic acids is 1. The first-order valence-electron chi connectivity index (χ1n) is 7.40. The van der Waals surface area contributed by atoms with Gasteiger partial charge in [0.25, 0.3) is 5.91 Å². The Balaban J connectivity index is 1.93. The fraction of sp³-hybridized carbons (Fsp3) is 0.562. The Hall–Kier alpha value is -1.26. The van der Waals surface area contributed by atoms with Gasteiger partial charge in [0.15, 0.2) is 6.10 Å². The maximum absolute atomic E-state index is 12.4. The minimum atomic E-state index is -0.476. The van der Waals surface area contributed by atoms with Crippen LogP contribution in [-0.4, -0.2) is 43.1 Å². The van der Waals surface area contributed by atoms with Gasteiger partial charge in [0.05, 0.1) is 0 Å². The van der Waals surface area contributed by atoms with E-state index >= 15 is 0 Å². The monoisotopic (exact) mass is 310 g/mol. The van der Waals surface area contributed by atoms with Crippen molar-refractivity contribution in [3.05, 3.63) is 28.8 Å². The van der Waals surface area contributed by atoms with Crippen LogP contribution in [0.2, 0.25) is 5.02 Å². The van der Waals surface area contributed by atoms with Gasteiger partial charge in [-0.05, 0) is 57.5 Å². The lowest BCUT2D eigenvalue weighted by atomic mass is 10.0. The minimum Gasteiger partial charge on any atom is -0.481 e. The number of ether oxygens (including phenoxy) is 1. The van der Waals surface area contributed by atoms with Crippen LogP contribution in [0.4, 0.5) is 0 Å². The molecule has 1 fully saturated rings. The third kappa shape index (κ3) is 4.11. The molecular formula is C16H23ClN2O2. The molecule has 2 rings (SSSR count). The Kier molecular flexibility index (Phi) is 5.48. The third-order valence-corrected chi connectivity index (χ3v) is 4.24. The molecule has 1 N–H and O–H groups in total. The summed E-state index contributed by atoms with van der Waals surface area (Å²) in [4.78, 5) is 14.3. The number of aryl methyl sites for hydroxylation is 1. The van der Waals surface area contributed by atoms with Gasteiger partial charge in [-0.3, -0.25) is 4.79 Å². The molecule has 0 unspecified atom stereocenters. The Morgan fingerprint density at radius 3 is 2.67 bits per heavy atom. The summed E-state index contributed by atoms with van der Waals surface area (Å²) in [5.74, 6) is 0.768. The highest BCUT2D eigenvalue weighted by molar-refractivity contribution is 6.30. The second-order valence-electron chi connectivity index (χ2n) is 5.56. The van der Waals surface area contributed by atoms with E-state index in [1.54, 1.807) is 13.0 Å². The SMILES string of the molecule is CNC1CCN(C(=O)[C@@H](C)Oc2ccc(Cl)cc2C)CC1. The lowest BCUT2D eigenvalue weighted by molar-refractivity contribution is -0.139. The predicted octanol–water partition coefficient (Wildman–Crippen LogP) is 2.63. The highest BCUT2D eigenvalue weighted by atomic mass is 35.5. The van der Waals surface area contributed by atoms with Gasteiger partial charge in [-0.25, -0.2) is 0 Å². The van der Waals surface area contributed by atoms with Gasteiger partial charge in [-0.15, -0.1) is 0 Å². The normalized spacial score (nSPS) is 17.6. The van der Waals surface area contributed by atoms with Crippen molar-refractivity contribution in [2.45, 2.75) is 38.8 Å². The summed E-state index contributed by atoms with van der Waals surface area (Å²) in [6.45, 7) is 5.31. The molecule has 0 bridgehead atoms. The van der Waals surface area contributed by atoms with Gasteiger partial charge in [0.2, 0.25) is 0 Å². The molecule has 116 valence electrons. The zero-order valence-corrected chi connectivity index (χ0v) is 13.6. The molecule has 0 radical (unpaired) electrons. The number of hydrogen-bond donors (Lipinski definition) is 1. The number of benzene rings is 1. The number of carbonyl (C=O) groups is 1. The molecule has 4 nitrogen and oxygen atoms in total. The Labute approximate surface area is 131 Å². The number of piperidine rings is 1. The summed E-state index contributed by atoms with van der Waals surface area (Å²) in [5.41, 5.74) is 0.941. The van der Waals surface area contributed by atoms with Crippen LogP contribution in [0.5, 0.6) is 5.75 Å². The van der Waals surface area contributed by atoms with Crippen molar-refractivity contribution < 1.29 is 9.53 Å². The summed E-state index contributed by atoms with van der Waals surface area (Å²) in [6, 6.07) is 5.95. The Morgan fingerprint density at radius 1 is 1.43 bits per heavy atom. The lowest BCUT2D eigenvalue weighted by Gasteiger charge is -2.33. The van der Waals surface area contributed by atoms with Crippen LogP contribution in [0.1, 0.15) is 25.3 Å². The van der Waals surface area contributed by atoms with E-state index in [-0.39, 0.29) is 5.91 Å². The van der Waals surface area contributed by atoms with Crippen molar-refractivity contribution >= 4 is 17.5 Å². The van der Waals surface area contributed by atoms with Gasteiger partial charge >= 0.3 is 0 Å². The molecular weight excluding hydrogens is 288 g/mol. The van der Waals surface area contributed by atoms with Crippen LogP contribution in [0, 0.1) is 6.92 Å². The molecule has 0 spiro atoms. The zero-order valence-electron chi connectivity index (χ0n) is 12.9. The van der Waals surface area contributed by atoms with Crippen LogP contribution in [0.3, 0.4) is 0 Å². The number of hydrogen-bond acceptors (Lipinski definition) is 3. The average molecular weight is 311 g/mol. The smallest absolute Gasteiger partial charge is 0.263 e. The van der Waals surface area contributed by atoms with E-state index in [1.807, 2.05) is 31.0 Å². The van der Waals surface area contributed by atoms with Crippen molar-refractivity contribution in [2.75, 3.05) is 20.1 Å². The molecule has 1 atom stereocenters. The summed E-state index contributed by atoms with van der Waals surface area (Å²) in [5, 5.41) is 3.94. The number of nitrogens with one attached hydrogen (secondary N) is 1. The van der Waals surface area contributed by atoms with Crippen LogP contribution in [0.25, 0.3) is 0 Å². The molecule has 1 aromatic carbocycles. The third-order valence-electron chi connectivity index (χ3n) is 4.00. The van der Waals surface area contributed by atoms with Crippen molar-refractivity contribution in [3.63, 3.8) is 0 Å². The maximum Gasteiger partial charge on any atom is 0.263 e. The van der Waals surface area contributed by atoms with E-state index < -0.39 is 6.10 Å². The number of likely N-dealkylation sites (tertiary alicyclic amines) is 1. The predicted molar refractivity (Wildman–Crippen MR) is 84.9 cm³/mol. The first-order valence-corrected chi connectivity index (χ1v) is 7.78. The fourth-order valence-electron chi connectivity index (χ4n) is 2.63.